The van der Waals surface area contributed by atoms with E-state index in [4.69, 9.17) is 10.2 Å². The number of hydrogen-bond donors (Lipinski definition) is 2. The summed E-state index contributed by atoms with van der Waals surface area (Å²) in [6.45, 7) is 7.48. The van der Waals surface area contributed by atoms with Gasteiger partial charge in [-0.25, -0.2) is 4.99 Å². The first-order valence-electron chi connectivity index (χ1n) is 5.73. The van der Waals surface area contributed by atoms with E-state index < -0.39 is 0 Å². The van der Waals surface area contributed by atoms with Gasteiger partial charge in [-0.15, -0.1) is 0 Å². The van der Waals surface area contributed by atoms with Gasteiger partial charge in [0, 0.05) is 12.1 Å². The van der Waals surface area contributed by atoms with Crippen LogP contribution in [0.15, 0.2) is 15.5 Å². The second kappa shape index (κ2) is 6.20. The zero-order valence-electron chi connectivity index (χ0n) is 10.3. The van der Waals surface area contributed by atoms with Gasteiger partial charge in [-0.3, -0.25) is 0 Å². The zero-order chi connectivity index (χ0) is 12.0. The van der Waals surface area contributed by atoms with Crippen molar-refractivity contribution in [3.05, 3.63) is 23.2 Å². The molecule has 0 unspecified atom stereocenters. The van der Waals surface area contributed by atoms with Crippen LogP contribution >= 0.6 is 0 Å². The molecular weight excluding hydrogens is 202 g/mol. The average molecular weight is 223 g/mol. The van der Waals surface area contributed by atoms with Gasteiger partial charge in [-0.2, -0.15) is 0 Å². The van der Waals surface area contributed by atoms with Crippen LogP contribution in [0.25, 0.3) is 0 Å². The fourth-order valence-corrected chi connectivity index (χ4v) is 1.46. The number of nitrogens with zero attached hydrogens (tertiary/aromatic N) is 1. The van der Waals surface area contributed by atoms with Gasteiger partial charge in [0.05, 0.1) is 6.54 Å². The molecule has 0 aliphatic heterocycles. The number of guanidine groups is 1. The summed E-state index contributed by atoms with van der Waals surface area (Å²) in [5, 5.41) is 3.08. The smallest absolute Gasteiger partial charge is 0.188 e. The topological polar surface area (TPSA) is 63.5 Å². The predicted octanol–water partition coefficient (Wildman–Crippen LogP) is 2.10. The number of aryl methyl sites for hydroxylation is 2. The number of unbranched alkanes of at least 4 members (excludes halogenated alkanes) is 1. The van der Waals surface area contributed by atoms with E-state index >= 15 is 0 Å². The molecule has 1 heterocycles. The van der Waals surface area contributed by atoms with Gasteiger partial charge < -0.3 is 15.5 Å². The maximum atomic E-state index is 5.73. The molecule has 0 amide bonds. The summed E-state index contributed by atoms with van der Waals surface area (Å²) < 4.78 is 5.41. The summed E-state index contributed by atoms with van der Waals surface area (Å²) in [7, 11) is 0. The summed E-state index contributed by atoms with van der Waals surface area (Å²) in [6, 6.07) is 2.00. The number of furan rings is 1. The predicted molar refractivity (Wildman–Crippen MR) is 66.4 cm³/mol. The van der Waals surface area contributed by atoms with Gasteiger partial charge in [0.2, 0.25) is 0 Å². The van der Waals surface area contributed by atoms with Crippen molar-refractivity contribution in [3.63, 3.8) is 0 Å². The third kappa shape index (κ3) is 3.96. The summed E-state index contributed by atoms with van der Waals surface area (Å²) >= 11 is 0. The molecule has 0 aliphatic rings. The monoisotopic (exact) mass is 223 g/mol. The number of nitrogens with two attached hydrogens (primary N) is 1. The lowest BCUT2D eigenvalue weighted by Crippen LogP contribution is -2.32. The minimum Gasteiger partial charge on any atom is -0.466 e. The Morgan fingerprint density at radius 3 is 2.81 bits per heavy atom. The lowest BCUT2D eigenvalue weighted by atomic mass is 10.2. The van der Waals surface area contributed by atoms with Crippen LogP contribution in [0.3, 0.4) is 0 Å². The van der Waals surface area contributed by atoms with Crippen molar-refractivity contribution < 1.29 is 4.42 Å². The lowest BCUT2D eigenvalue weighted by Gasteiger charge is -2.03. The molecule has 4 nitrogen and oxygen atoms in total. The van der Waals surface area contributed by atoms with Crippen molar-refractivity contribution in [1.82, 2.24) is 5.32 Å². The van der Waals surface area contributed by atoms with Gasteiger partial charge in [0.15, 0.2) is 5.96 Å². The molecule has 90 valence electrons. The van der Waals surface area contributed by atoms with E-state index in [0.717, 1.165) is 36.5 Å². The van der Waals surface area contributed by atoms with Gasteiger partial charge in [-0.1, -0.05) is 13.3 Å². The third-order valence-electron chi connectivity index (χ3n) is 2.40. The molecule has 0 saturated heterocycles. The van der Waals surface area contributed by atoms with Crippen LogP contribution in [-0.2, 0) is 6.54 Å². The number of nitrogens with one attached hydrogen (secondary N) is 1. The van der Waals surface area contributed by atoms with Crippen molar-refractivity contribution >= 4 is 5.96 Å². The van der Waals surface area contributed by atoms with E-state index in [1.54, 1.807) is 0 Å². The van der Waals surface area contributed by atoms with Crippen molar-refractivity contribution in [2.45, 2.75) is 40.2 Å². The lowest BCUT2D eigenvalue weighted by molar-refractivity contribution is 0.501. The van der Waals surface area contributed by atoms with Crippen LogP contribution in [0.2, 0.25) is 0 Å². The first-order valence-corrected chi connectivity index (χ1v) is 5.73. The fraction of sp³-hybridized carbons (Fsp3) is 0.583. The second-order valence-electron chi connectivity index (χ2n) is 3.92. The highest BCUT2D eigenvalue weighted by atomic mass is 16.3. The molecule has 1 rings (SSSR count). The Morgan fingerprint density at radius 1 is 1.50 bits per heavy atom. The molecule has 0 atom stereocenters. The standard InChI is InChI=1S/C12H21N3O/c1-4-5-6-14-12(13)15-8-11-7-9(2)16-10(11)3/h7H,4-6,8H2,1-3H3,(H3,13,14,15). The average Bonchev–Trinajstić information content (AvgIpc) is 2.55. The van der Waals surface area contributed by atoms with E-state index in [1.165, 1.54) is 0 Å². The molecule has 0 aliphatic carbocycles. The Balaban J connectivity index is 2.43. The molecular formula is C12H21N3O. The van der Waals surface area contributed by atoms with Gasteiger partial charge in [0.1, 0.15) is 11.5 Å². The first-order chi connectivity index (χ1) is 7.63. The highest BCUT2D eigenvalue weighted by Gasteiger charge is 2.03. The Hall–Kier alpha value is -1.45. The van der Waals surface area contributed by atoms with Crippen LogP contribution in [0.1, 0.15) is 36.8 Å². The van der Waals surface area contributed by atoms with Crippen molar-refractivity contribution in [2.24, 2.45) is 10.7 Å². The molecule has 1 aromatic rings. The Bertz CT molecular complexity index is 355. The highest BCUT2D eigenvalue weighted by Crippen LogP contribution is 2.14. The van der Waals surface area contributed by atoms with Crippen LogP contribution in [0.5, 0.6) is 0 Å². The molecule has 0 fully saturated rings. The molecule has 0 bridgehead atoms. The molecule has 0 radical (unpaired) electrons. The zero-order valence-corrected chi connectivity index (χ0v) is 10.3. The van der Waals surface area contributed by atoms with Crippen molar-refractivity contribution in [2.75, 3.05) is 6.54 Å². The van der Waals surface area contributed by atoms with Crippen molar-refractivity contribution in [1.29, 1.82) is 0 Å². The highest BCUT2D eigenvalue weighted by molar-refractivity contribution is 5.77. The number of hydrogen-bond acceptors (Lipinski definition) is 2. The van der Waals surface area contributed by atoms with E-state index in [9.17, 15) is 0 Å². The summed E-state index contributed by atoms with van der Waals surface area (Å²) in [4.78, 5) is 4.26. The fourth-order valence-electron chi connectivity index (χ4n) is 1.46. The summed E-state index contributed by atoms with van der Waals surface area (Å²) in [5.74, 6) is 2.34. The van der Waals surface area contributed by atoms with Crippen molar-refractivity contribution in [3.8, 4) is 0 Å². The van der Waals surface area contributed by atoms with Crippen LogP contribution in [0.4, 0.5) is 0 Å². The largest absolute Gasteiger partial charge is 0.466 e. The normalized spacial score (nSPS) is 11.8. The van der Waals surface area contributed by atoms with Crippen LogP contribution in [0, 0.1) is 13.8 Å². The maximum Gasteiger partial charge on any atom is 0.188 e. The quantitative estimate of drug-likeness (QED) is 0.456. The SMILES string of the molecule is CCCCNC(N)=NCc1cc(C)oc1C. The molecule has 3 N–H and O–H groups in total. The number of aliphatic imine (C=N–C) groups is 1. The van der Waals surface area contributed by atoms with E-state index in [1.807, 2.05) is 19.9 Å². The van der Waals surface area contributed by atoms with Gasteiger partial charge >= 0.3 is 0 Å². The summed E-state index contributed by atoms with van der Waals surface area (Å²) in [5.41, 5.74) is 6.82. The molecule has 0 saturated carbocycles. The van der Waals surface area contributed by atoms with Gasteiger partial charge in [0.25, 0.3) is 0 Å². The van der Waals surface area contributed by atoms with Gasteiger partial charge in [-0.05, 0) is 26.3 Å². The minimum atomic E-state index is 0.506. The molecule has 1 aromatic heterocycles. The first kappa shape index (κ1) is 12.6. The molecule has 0 aromatic carbocycles. The third-order valence-corrected chi connectivity index (χ3v) is 2.40. The number of rotatable bonds is 5. The Kier molecular flexibility index (Phi) is 4.89. The van der Waals surface area contributed by atoms with E-state index in [-0.39, 0.29) is 0 Å². The van der Waals surface area contributed by atoms with Crippen LogP contribution < -0.4 is 11.1 Å². The minimum absolute atomic E-state index is 0.506. The second-order valence-corrected chi connectivity index (χ2v) is 3.92. The van der Waals surface area contributed by atoms with Crippen LogP contribution in [-0.4, -0.2) is 12.5 Å². The summed E-state index contributed by atoms with van der Waals surface area (Å²) in [6.07, 6.45) is 2.26. The molecule has 16 heavy (non-hydrogen) atoms. The molecule has 4 heteroatoms. The maximum absolute atomic E-state index is 5.73. The van der Waals surface area contributed by atoms with E-state index in [0.29, 0.717) is 12.5 Å². The molecule has 0 spiro atoms. The Morgan fingerprint density at radius 2 is 2.25 bits per heavy atom. The Labute approximate surface area is 96.9 Å². The van der Waals surface area contributed by atoms with E-state index in [2.05, 4.69) is 17.2 Å².